The van der Waals surface area contributed by atoms with Gasteiger partial charge in [-0.1, -0.05) is 0 Å². The molecule has 0 aromatic carbocycles. The minimum atomic E-state index is -0.412. The Hall–Kier alpha value is -0.610. The number of hydrogen-bond donors (Lipinski definition) is 1. The van der Waals surface area contributed by atoms with Crippen molar-refractivity contribution in [1.29, 1.82) is 0 Å². The molecule has 0 saturated heterocycles. The Morgan fingerprint density at radius 3 is 2.33 bits per heavy atom. The molecule has 4 heteroatoms. The maximum Gasteiger partial charge on any atom is 0.233 e. The van der Waals surface area contributed by atoms with Crippen molar-refractivity contribution >= 4 is 6.41 Å². The summed E-state index contributed by atoms with van der Waals surface area (Å²) in [4.78, 5) is 15.7. The predicted octanol–water partition coefficient (Wildman–Crippen LogP) is 0.556. The van der Waals surface area contributed by atoms with Crippen molar-refractivity contribution in [3.8, 4) is 0 Å². The summed E-state index contributed by atoms with van der Waals surface area (Å²) in [6.45, 7) is 7.13. The normalized spacial score (nSPS) is 14.1. The molecule has 0 fully saturated rings. The number of amides is 1. The van der Waals surface area contributed by atoms with E-state index >= 15 is 0 Å². The third-order valence-electron chi connectivity index (χ3n) is 1.18. The molecular weight excluding hydrogens is 158 g/mol. The first-order chi connectivity index (χ1) is 5.40. The molecule has 0 saturated carbocycles. The van der Waals surface area contributed by atoms with E-state index in [0.29, 0.717) is 6.41 Å². The summed E-state index contributed by atoms with van der Waals surface area (Å²) in [5, 5.41) is 9.88. The van der Waals surface area contributed by atoms with Crippen LogP contribution in [0.1, 0.15) is 27.7 Å². The van der Waals surface area contributed by atoms with Crippen molar-refractivity contribution in [2.45, 2.75) is 39.3 Å². The first-order valence-electron chi connectivity index (χ1n) is 3.94. The van der Waals surface area contributed by atoms with E-state index in [-0.39, 0.29) is 12.6 Å². The van der Waals surface area contributed by atoms with E-state index in [2.05, 4.69) is 0 Å². The average molecular weight is 175 g/mol. The SMILES string of the molecule is C[C@H](CO)N(C=O)OC(C)(C)C. The van der Waals surface area contributed by atoms with E-state index in [1.165, 1.54) is 0 Å². The molecule has 1 atom stereocenters. The quantitative estimate of drug-likeness (QED) is 0.501. The lowest BCUT2D eigenvalue weighted by Gasteiger charge is -2.30. The van der Waals surface area contributed by atoms with Crippen LogP contribution in [0.5, 0.6) is 0 Å². The fourth-order valence-electron chi connectivity index (χ4n) is 0.612. The highest BCUT2D eigenvalue weighted by atomic mass is 16.7. The molecule has 0 spiro atoms. The topological polar surface area (TPSA) is 49.8 Å². The Morgan fingerprint density at radius 1 is 1.58 bits per heavy atom. The van der Waals surface area contributed by atoms with Crippen LogP contribution < -0.4 is 0 Å². The first kappa shape index (κ1) is 11.4. The van der Waals surface area contributed by atoms with Crippen LogP contribution in [0, 0.1) is 0 Å². The predicted molar refractivity (Wildman–Crippen MR) is 45.3 cm³/mol. The smallest absolute Gasteiger partial charge is 0.233 e. The number of carbonyl (C=O) groups is 1. The third kappa shape index (κ3) is 4.31. The van der Waals surface area contributed by atoms with Crippen molar-refractivity contribution < 1.29 is 14.7 Å². The summed E-state index contributed by atoms with van der Waals surface area (Å²) in [5.41, 5.74) is -0.412. The van der Waals surface area contributed by atoms with Gasteiger partial charge in [0.05, 0.1) is 18.2 Å². The van der Waals surface area contributed by atoms with E-state index in [1.54, 1.807) is 6.92 Å². The molecule has 0 aromatic rings. The average Bonchev–Trinajstić information content (AvgIpc) is 1.97. The van der Waals surface area contributed by atoms with E-state index in [0.717, 1.165) is 5.06 Å². The van der Waals surface area contributed by atoms with Crippen LogP contribution >= 0.6 is 0 Å². The van der Waals surface area contributed by atoms with Gasteiger partial charge >= 0.3 is 0 Å². The van der Waals surface area contributed by atoms with Crippen LogP contribution in [0.3, 0.4) is 0 Å². The highest BCUT2D eigenvalue weighted by Crippen LogP contribution is 2.10. The number of hydrogen-bond acceptors (Lipinski definition) is 3. The Bertz CT molecular complexity index is 142. The minimum Gasteiger partial charge on any atom is -0.394 e. The van der Waals surface area contributed by atoms with Gasteiger partial charge in [0.15, 0.2) is 0 Å². The number of hydroxylamine groups is 2. The number of rotatable bonds is 4. The van der Waals surface area contributed by atoms with Crippen molar-refractivity contribution in [2.24, 2.45) is 0 Å². The van der Waals surface area contributed by atoms with Crippen LogP contribution in [0.25, 0.3) is 0 Å². The van der Waals surface area contributed by atoms with E-state index in [4.69, 9.17) is 9.94 Å². The molecule has 0 aliphatic rings. The van der Waals surface area contributed by atoms with Crippen LogP contribution in [0.15, 0.2) is 0 Å². The Kier molecular flexibility index (Phi) is 4.20. The second-order valence-electron chi connectivity index (χ2n) is 3.70. The molecule has 0 rings (SSSR count). The molecule has 1 N–H and O–H groups in total. The van der Waals surface area contributed by atoms with Crippen molar-refractivity contribution in [3.05, 3.63) is 0 Å². The Morgan fingerprint density at radius 2 is 2.08 bits per heavy atom. The van der Waals surface area contributed by atoms with Crippen LogP contribution in [0.4, 0.5) is 0 Å². The number of carbonyl (C=O) groups excluding carboxylic acids is 1. The van der Waals surface area contributed by atoms with Crippen molar-refractivity contribution in [1.82, 2.24) is 5.06 Å². The monoisotopic (exact) mass is 175 g/mol. The fraction of sp³-hybridized carbons (Fsp3) is 0.875. The highest BCUT2D eigenvalue weighted by Gasteiger charge is 2.19. The van der Waals surface area contributed by atoms with E-state index in [1.807, 2.05) is 20.8 Å². The van der Waals surface area contributed by atoms with Gasteiger partial charge in [0.25, 0.3) is 0 Å². The second kappa shape index (κ2) is 4.42. The molecular formula is C8H17NO3. The van der Waals surface area contributed by atoms with Gasteiger partial charge in [-0.3, -0.25) is 9.63 Å². The lowest BCUT2D eigenvalue weighted by molar-refractivity contribution is -0.233. The minimum absolute atomic E-state index is 0.102. The zero-order valence-corrected chi connectivity index (χ0v) is 8.07. The van der Waals surface area contributed by atoms with E-state index < -0.39 is 5.60 Å². The van der Waals surface area contributed by atoms with Crippen molar-refractivity contribution in [2.75, 3.05) is 6.61 Å². The third-order valence-corrected chi connectivity index (χ3v) is 1.18. The number of nitrogens with zero attached hydrogens (tertiary/aromatic N) is 1. The van der Waals surface area contributed by atoms with Gasteiger partial charge in [-0.05, 0) is 27.7 Å². The van der Waals surface area contributed by atoms with Crippen molar-refractivity contribution in [3.63, 3.8) is 0 Å². The molecule has 0 radical (unpaired) electrons. The summed E-state index contributed by atoms with van der Waals surface area (Å²) in [6, 6.07) is -0.304. The van der Waals surface area contributed by atoms with Crippen LogP contribution in [0.2, 0.25) is 0 Å². The standard InChI is InChI=1S/C8H17NO3/c1-7(5-10)9(6-11)12-8(2,3)4/h6-7,10H,5H2,1-4H3/t7-/m1/s1. The summed E-state index contributed by atoms with van der Waals surface area (Å²) >= 11 is 0. The van der Waals surface area contributed by atoms with Gasteiger partial charge in [-0.25, -0.2) is 5.06 Å². The zero-order chi connectivity index (χ0) is 9.78. The molecule has 0 aromatic heterocycles. The van der Waals surface area contributed by atoms with Gasteiger partial charge in [-0.2, -0.15) is 0 Å². The molecule has 0 heterocycles. The summed E-state index contributed by atoms with van der Waals surface area (Å²) < 4.78 is 0. The largest absolute Gasteiger partial charge is 0.394 e. The Labute approximate surface area is 73.1 Å². The lowest BCUT2D eigenvalue weighted by Crippen LogP contribution is -2.40. The summed E-state index contributed by atoms with van der Waals surface area (Å²) in [6.07, 6.45) is 0.576. The summed E-state index contributed by atoms with van der Waals surface area (Å²) in [5.74, 6) is 0. The molecule has 0 unspecified atom stereocenters. The second-order valence-corrected chi connectivity index (χ2v) is 3.70. The van der Waals surface area contributed by atoms with Gasteiger partial charge in [0.1, 0.15) is 0 Å². The molecule has 0 aliphatic heterocycles. The molecule has 4 nitrogen and oxygen atoms in total. The molecule has 12 heavy (non-hydrogen) atoms. The number of aliphatic hydroxyl groups is 1. The molecule has 72 valence electrons. The van der Waals surface area contributed by atoms with Gasteiger partial charge in [-0.15, -0.1) is 0 Å². The van der Waals surface area contributed by atoms with Crippen LogP contribution in [-0.4, -0.2) is 34.8 Å². The fourth-order valence-corrected chi connectivity index (χ4v) is 0.612. The number of aliphatic hydroxyl groups excluding tert-OH is 1. The maximum atomic E-state index is 10.5. The molecule has 1 amide bonds. The van der Waals surface area contributed by atoms with E-state index in [9.17, 15) is 4.79 Å². The zero-order valence-electron chi connectivity index (χ0n) is 8.07. The first-order valence-corrected chi connectivity index (χ1v) is 3.94. The van der Waals surface area contributed by atoms with Gasteiger partial charge < -0.3 is 5.11 Å². The molecule has 0 aliphatic carbocycles. The molecule has 0 bridgehead atoms. The summed E-state index contributed by atoms with van der Waals surface area (Å²) in [7, 11) is 0. The van der Waals surface area contributed by atoms with Gasteiger partial charge in [0, 0.05) is 0 Å². The highest BCUT2D eigenvalue weighted by molar-refractivity contribution is 5.45. The Balaban J connectivity index is 4.08. The van der Waals surface area contributed by atoms with Gasteiger partial charge in [0.2, 0.25) is 6.41 Å². The lowest BCUT2D eigenvalue weighted by atomic mass is 10.2. The van der Waals surface area contributed by atoms with Crippen LogP contribution in [-0.2, 0) is 9.63 Å². The maximum absolute atomic E-state index is 10.5.